The Bertz CT molecular complexity index is 1010. The van der Waals surface area contributed by atoms with Crippen molar-refractivity contribution in [1.82, 2.24) is 20.3 Å². The topological polar surface area (TPSA) is 97.0 Å². The summed E-state index contributed by atoms with van der Waals surface area (Å²) >= 11 is 6.17. The van der Waals surface area contributed by atoms with Crippen molar-refractivity contribution >= 4 is 29.1 Å². The van der Waals surface area contributed by atoms with Crippen molar-refractivity contribution in [1.29, 1.82) is 0 Å². The number of nitrogens with zero attached hydrogens (tertiary/aromatic N) is 4. The molecule has 0 atom stereocenters. The van der Waals surface area contributed by atoms with Crippen LogP contribution in [0.25, 0.3) is 11.3 Å². The van der Waals surface area contributed by atoms with Gasteiger partial charge in [0.2, 0.25) is 0 Å². The molecule has 0 bridgehead atoms. The molecule has 0 aliphatic carbocycles. The number of amides is 1. The van der Waals surface area contributed by atoms with E-state index >= 15 is 0 Å². The smallest absolute Gasteiger partial charge is 0.274 e. The van der Waals surface area contributed by atoms with Crippen molar-refractivity contribution in [2.45, 2.75) is 6.54 Å². The van der Waals surface area contributed by atoms with Crippen LogP contribution < -0.4 is 16.0 Å². The number of halogens is 2. The first-order chi connectivity index (χ1) is 13.3. The molecule has 0 saturated heterocycles. The lowest BCUT2D eigenvalue weighted by molar-refractivity contribution is 0.0946. The third-order valence-corrected chi connectivity index (χ3v) is 4.16. The predicted octanol–water partition coefficient (Wildman–Crippen LogP) is 2.91. The van der Waals surface area contributed by atoms with Crippen molar-refractivity contribution in [3.05, 3.63) is 64.8 Å². The Morgan fingerprint density at radius 1 is 1.14 bits per heavy atom. The van der Waals surface area contributed by atoms with E-state index in [2.05, 4.69) is 20.3 Å². The molecule has 2 aromatic heterocycles. The van der Waals surface area contributed by atoms with Crippen molar-refractivity contribution < 1.29 is 9.18 Å². The van der Waals surface area contributed by atoms with Gasteiger partial charge in [0.05, 0.1) is 12.2 Å². The van der Waals surface area contributed by atoms with E-state index in [4.69, 9.17) is 17.3 Å². The van der Waals surface area contributed by atoms with Gasteiger partial charge in [0.15, 0.2) is 16.7 Å². The fourth-order valence-corrected chi connectivity index (χ4v) is 2.69. The minimum atomic E-state index is -0.519. The number of rotatable bonds is 5. The standard InChI is InChI=1S/C19H18ClFN6O/c1-27(2)14-5-3-4-13(24-14)10-23-19(28)16-18(22)26-15(17(20)25-16)11-6-8-12(21)9-7-11/h3-9H,10H2,1-2H3,(H2,22,26)(H,23,28). The van der Waals surface area contributed by atoms with Gasteiger partial charge in [-0.1, -0.05) is 17.7 Å². The Balaban J connectivity index is 1.78. The molecule has 3 aromatic rings. The normalized spacial score (nSPS) is 10.6. The molecule has 7 nitrogen and oxygen atoms in total. The maximum Gasteiger partial charge on any atom is 0.274 e. The Morgan fingerprint density at radius 3 is 2.54 bits per heavy atom. The summed E-state index contributed by atoms with van der Waals surface area (Å²) in [7, 11) is 3.76. The van der Waals surface area contributed by atoms with Gasteiger partial charge in [-0.3, -0.25) is 4.79 Å². The molecule has 1 aromatic carbocycles. The minimum Gasteiger partial charge on any atom is -0.382 e. The molecule has 144 valence electrons. The van der Waals surface area contributed by atoms with Gasteiger partial charge >= 0.3 is 0 Å². The van der Waals surface area contributed by atoms with Gasteiger partial charge < -0.3 is 16.0 Å². The monoisotopic (exact) mass is 400 g/mol. The summed E-state index contributed by atoms with van der Waals surface area (Å²) in [5.74, 6) is -0.202. The van der Waals surface area contributed by atoms with E-state index in [9.17, 15) is 9.18 Å². The van der Waals surface area contributed by atoms with Crippen molar-refractivity contribution in [3.8, 4) is 11.3 Å². The first-order valence-electron chi connectivity index (χ1n) is 8.35. The molecule has 0 saturated carbocycles. The van der Waals surface area contributed by atoms with Gasteiger partial charge in [-0.25, -0.2) is 19.3 Å². The van der Waals surface area contributed by atoms with Gasteiger partial charge in [0.25, 0.3) is 5.91 Å². The molecular weight excluding hydrogens is 383 g/mol. The van der Waals surface area contributed by atoms with E-state index in [1.807, 2.05) is 31.1 Å². The number of hydrogen-bond donors (Lipinski definition) is 2. The second-order valence-electron chi connectivity index (χ2n) is 6.17. The number of nitrogen functional groups attached to an aromatic ring is 1. The molecule has 2 heterocycles. The summed E-state index contributed by atoms with van der Waals surface area (Å²) in [5, 5.41) is 2.70. The van der Waals surface area contributed by atoms with E-state index in [-0.39, 0.29) is 34.7 Å². The van der Waals surface area contributed by atoms with Crippen LogP contribution >= 0.6 is 11.6 Å². The summed E-state index contributed by atoms with van der Waals surface area (Å²) in [5.41, 5.74) is 7.32. The second kappa shape index (κ2) is 8.18. The van der Waals surface area contributed by atoms with E-state index in [1.54, 1.807) is 6.07 Å². The third kappa shape index (κ3) is 4.34. The molecule has 0 aliphatic rings. The Kier molecular flexibility index (Phi) is 5.70. The van der Waals surface area contributed by atoms with Gasteiger partial charge in [-0.2, -0.15) is 0 Å². The number of carbonyl (C=O) groups excluding carboxylic acids is 1. The average molecular weight is 401 g/mol. The maximum absolute atomic E-state index is 13.1. The SMILES string of the molecule is CN(C)c1cccc(CNC(=O)c2nc(Cl)c(-c3ccc(F)cc3)nc2N)n1. The minimum absolute atomic E-state index is 0.00121. The van der Waals surface area contributed by atoms with Crippen LogP contribution in [0.3, 0.4) is 0 Å². The van der Waals surface area contributed by atoms with Crippen LogP contribution in [0, 0.1) is 5.82 Å². The van der Waals surface area contributed by atoms with Gasteiger partial charge in [-0.15, -0.1) is 0 Å². The Hall–Kier alpha value is -3.26. The van der Waals surface area contributed by atoms with Gasteiger partial charge in [0.1, 0.15) is 17.3 Å². The molecule has 0 unspecified atom stereocenters. The first kappa shape index (κ1) is 19.5. The predicted molar refractivity (Wildman–Crippen MR) is 107 cm³/mol. The van der Waals surface area contributed by atoms with Gasteiger partial charge in [0, 0.05) is 19.7 Å². The number of nitrogens with two attached hydrogens (primary N) is 1. The zero-order valence-corrected chi connectivity index (χ0v) is 16.0. The highest BCUT2D eigenvalue weighted by atomic mass is 35.5. The molecule has 3 N–H and O–H groups in total. The lowest BCUT2D eigenvalue weighted by atomic mass is 10.1. The number of pyridine rings is 1. The van der Waals surface area contributed by atoms with Crippen LogP contribution in [0.15, 0.2) is 42.5 Å². The molecule has 9 heteroatoms. The van der Waals surface area contributed by atoms with E-state index < -0.39 is 5.91 Å². The molecule has 28 heavy (non-hydrogen) atoms. The number of carbonyl (C=O) groups is 1. The molecule has 0 fully saturated rings. The van der Waals surface area contributed by atoms with E-state index in [0.29, 0.717) is 11.3 Å². The number of aromatic nitrogens is 3. The number of benzene rings is 1. The van der Waals surface area contributed by atoms with Crippen LogP contribution in [0.1, 0.15) is 16.2 Å². The molecular formula is C19H18ClFN6O. The molecule has 1 amide bonds. The quantitative estimate of drug-likeness (QED) is 0.683. The average Bonchev–Trinajstić information content (AvgIpc) is 2.68. The highest BCUT2D eigenvalue weighted by Gasteiger charge is 2.18. The zero-order valence-electron chi connectivity index (χ0n) is 15.3. The summed E-state index contributed by atoms with van der Waals surface area (Å²) in [4.78, 5) is 27.0. The highest BCUT2D eigenvalue weighted by Crippen LogP contribution is 2.26. The van der Waals surface area contributed by atoms with Crippen molar-refractivity contribution in [3.63, 3.8) is 0 Å². The van der Waals surface area contributed by atoms with Crippen LogP contribution in [0.4, 0.5) is 16.0 Å². The fraction of sp³-hybridized carbons (Fsp3) is 0.158. The largest absolute Gasteiger partial charge is 0.382 e. The Labute approximate surface area is 166 Å². The summed E-state index contributed by atoms with van der Waals surface area (Å²) < 4.78 is 13.1. The van der Waals surface area contributed by atoms with Crippen LogP contribution in [-0.2, 0) is 6.54 Å². The third-order valence-electron chi connectivity index (χ3n) is 3.89. The van der Waals surface area contributed by atoms with Gasteiger partial charge in [-0.05, 0) is 36.4 Å². The summed E-state index contributed by atoms with van der Waals surface area (Å²) in [6.07, 6.45) is 0. The van der Waals surface area contributed by atoms with Crippen LogP contribution in [0.5, 0.6) is 0 Å². The zero-order chi connectivity index (χ0) is 20.3. The van der Waals surface area contributed by atoms with Crippen LogP contribution in [-0.4, -0.2) is 35.0 Å². The lowest BCUT2D eigenvalue weighted by Crippen LogP contribution is -2.26. The molecule has 0 radical (unpaired) electrons. The lowest BCUT2D eigenvalue weighted by Gasteiger charge is -2.13. The summed E-state index contributed by atoms with van der Waals surface area (Å²) in [6.45, 7) is 0.193. The summed E-state index contributed by atoms with van der Waals surface area (Å²) in [6, 6.07) is 11.1. The second-order valence-corrected chi connectivity index (χ2v) is 6.53. The van der Waals surface area contributed by atoms with Crippen molar-refractivity contribution in [2.75, 3.05) is 24.7 Å². The molecule has 0 aliphatic heterocycles. The number of hydrogen-bond acceptors (Lipinski definition) is 6. The fourth-order valence-electron chi connectivity index (χ4n) is 2.46. The Morgan fingerprint density at radius 2 is 1.86 bits per heavy atom. The van der Waals surface area contributed by atoms with E-state index in [1.165, 1.54) is 24.3 Å². The molecule has 3 rings (SSSR count). The van der Waals surface area contributed by atoms with E-state index in [0.717, 1.165) is 5.82 Å². The maximum atomic E-state index is 13.1. The number of nitrogens with one attached hydrogen (secondary N) is 1. The van der Waals surface area contributed by atoms with Crippen LogP contribution in [0.2, 0.25) is 5.15 Å². The number of anilines is 2. The highest BCUT2D eigenvalue weighted by molar-refractivity contribution is 6.32. The molecule has 0 spiro atoms. The van der Waals surface area contributed by atoms with Crippen molar-refractivity contribution in [2.24, 2.45) is 0 Å². The first-order valence-corrected chi connectivity index (χ1v) is 8.73.